The third kappa shape index (κ3) is 3.44. The Labute approximate surface area is 114 Å². The summed E-state index contributed by atoms with van der Waals surface area (Å²) >= 11 is 0. The fourth-order valence-electron chi connectivity index (χ4n) is 2.37. The van der Waals surface area contributed by atoms with Gasteiger partial charge in [-0.2, -0.15) is 0 Å². The lowest BCUT2D eigenvalue weighted by molar-refractivity contribution is 0.0936. The van der Waals surface area contributed by atoms with Crippen molar-refractivity contribution in [3.05, 3.63) is 23.9 Å². The topological polar surface area (TPSA) is 54.5 Å². The van der Waals surface area contributed by atoms with Crippen LogP contribution in [0.5, 0.6) is 5.88 Å². The summed E-state index contributed by atoms with van der Waals surface area (Å²) in [5.74, 6) is 0.241. The predicted molar refractivity (Wildman–Crippen MR) is 73.4 cm³/mol. The molecule has 1 aliphatic rings. The van der Waals surface area contributed by atoms with Crippen LogP contribution in [0.1, 0.15) is 30.1 Å². The summed E-state index contributed by atoms with van der Waals surface area (Å²) in [4.78, 5) is 18.5. The second-order valence-electron chi connectivity index (χ2n) is 4.86. The number of methoxy groups -OCH3 is 1. The van der Waals surface area contributed by atoms with Crippen LogP contribution >= 0.6 is 0 Å². The van der Waals surface area contributed by atoms with Gasteiger partial charge in [-0.15, -0.1) is 0 Å². The Kier molecular flexibility index (Phi) is 4.74. The molecule has 0 aliphatic carbocycles. The molecular formula is C14H21N3O2. The number of amides is 1. The van der Waals surface area contributed by atoms with Crippen LogP contribution in [0.3, 0.4) is 0 Å². The molecule has 0 aromatic carbocycles. The van der Waals surface area contributed by atoms with E-state index in [2.05, 4.69) is 22.1 Å². The van der Waals surface area contributed by atoms with Crippen LogP contribution in [-0.2, 0) is 0 Å². The van der Waals surface area contributed by atoms with E-state index in [0.29, 0.717) is 24.0 Å². The van der Waals surface area contributed by atoms with Crippen molar-refractivity contribution in [3.8, 4) is 5.88 Å². The van der Waals surface area contributed by atoms with Crippen LogP contribution < -0.4 is 10.1 Å². The number of ether oxygens (including phenoxy) is 1. The molecule has 0 unspecified atom stereocenters. The number of carbonyl (C=O) groups excluding carboxylic acids is 1. The zero-order valence-corrected chi connectivity index (χ0v) is 11.6. The molecule has 1 fully saturated rings. The average molecular weight is 263 g/mol. The van der Waals surface area contributed by atoms with Gasteiger partial charge in [0.15, 0.2) is 0 Å². The van der Waals surface area contributed by atoms with Crippen molar-refractivity contribution in [1.82, 2.24) is 15.2 Å². The van der Waals surface area contributed by atoms with Gasteiger partial charge in [-0.3, -0.25) is 9.69 Å². The van der Waals surface area contributed by atoms with Crippen LogP contribution in [0.25, 0.3) is 0 Å². The lowest BCUT2D eigenvalue weighted by Crippen LogP contribution is -2.40. The van der Waals surface area contributed by atoms with E-state index in [-0.39, 0.29) is 5.91 Å². The van der Waals surface area contributed by atoms with Crippen molar-refractivity contribution >= 4 is 5.91 Å². The molecule has 1 aromatic rings. The van der Waals surface area contributed by atoms with Gasteiger partial charge >= 0.3 is 0 Å². The normalized spacial score (nSPS) is 17.2. The Bertz CT molecular complexity index is 430. The summed E-state index contributed by atoms with van der Waals surface area (Å²) in [7, 11) is 1.52. The Morgan fingerprint density at radius 1 is 1.53 bits per heavy atom. The molecule has 0 radical (unpaired) electrons. The number of aromatic nitrogens is 1. The SMILES string of the molecule is COc1ncccc1C(=O)NC[C@H](C)N1CCCC1. The van der Waals surface area contributed by atoms with Gasteiger partial charge in [0.1, 0.15) is 5.56 Å². The maximum atomic E-state index is 12.1. The maximum Gasteiger partial charge on any atom is 0.256 e. The molecule has 1 saturated heterocycles. The highest BCUT2D eigenvalue weighted by atomic mass is 16.5. The highest BCUT2D eigenvalue weighted by Crippen LogP contribution is 2.14. The molecule has 0 spiro atoms. The van der Waals surface area contributed by atoms with Crippen molar-refractivity contribution in [2.24, 2.45) is 0 Å². The molecular weight excluding hydrogens is 242 g/mol. The summed E-state index contributed by atoms with van der Waals surface area (Å²) in [6.07, 6.45) is 4.13. The molecule has 0 bridgehead atoms. The van der Waals surface area contributed by atoms with Crippen molar-refractivity contribution in [2.45, 2.75) is 25.8 Å². The Hall–Kier alpha value is -1.62. The van der Waals surface area contributed by atoms with Gasteiger partial charge in [-0.05, 0) is 45.0 Å². The van der Waals surface area contributed by atoms with E-state index in [1.54, 1.807) is 18.3 Å². The first-order valence-corrected chi connectivity index (χ1v) is 6.73. The first kappa shape index (κ1) is 13.8. The van der Waals surface area contributed by atoms with Gasteiger partial charge < -0.3 is 10.1 Å². The Morgan fingerprint density at radius 3 is 2.95 bits per heavy atom. The van der Waals surface area contributed by atoms with Crippen LogP contribution in [0.15, 0.2) is 18.3 Å². The molecule has 19 heavy (non-hydrogen) atoms. The molecule has 1 atom stereocenters. The van der Waals surface area contributed by atoms with Crippen molar-refractivity contribution in [1.29, 1.82) is 0 Å². The standard InChI is InChI=1S/C14H21N3O2/c1-11(17-8-3-4-9-17)10-16-13(18)12-6-5-7-15-14(12)19-2/h5-7,11H,3-4,8-10H2,1-2H3,(H,16,18)/t11-/m0/s1. The quantitative estimate of drug-likeness (QED) is 0.870. The molecule has 104 valence electrons. The summed E-state index contributed by atoms with van der Waals surface area (Å²) in [6.45, 7) is 5.06. The second-order valence-corrected chi connectivity index (χ2v) is 4.86. The van der Waals surface area contributed by atoms with Crippen LogP contribution in [0.2, 0.25) is 0 Å². The summed E-state index contributed by atoms with van der Waals surface area (Å²) in [6, 6.07) is 3.83. The molecule has 2 rings (SSSR count). The minimum Gasteiger partial charge on any atom is -0.480 e. The molecule has 0 saturated carbocycles. The smallest absolute Gasteiger partial charge is 0.256 e. The molecule has 1 N–H and O–H groups in total. The molecule has 2 heterocycles. The van der Waals surface area contributed by atoms with Gasteiger partial charge in [0.2, 0.25) is 5.88 Å². The summed E-state index contributed by atoms with van der Waals surface area (Å²) < 4.78 is 5.09. The number of carbonyl (C=O) groups is 1. The number of hydrogen-bond donors (Lipinski definition) is 1. The zero-order chi connectivity index (χ0) is 13.7. The van der Waals surface area contributed by atoms with Crippen LogP contribution in [-0.4, -0.2) is 48.6 Å². The van der Waals surface area contributed by atoms with Crippen molar-refractivity contribution in [3.63, 3.8) is 0 Å². The summed E-state index contributed by atoms with van der Waals surface area (Å²) in [5, 5.41) is 2.95. The first-order valence-electron chi connectivity index (χ1n) is 6.73. The third-order valence-electron chi connectivity index (χ3n) is 3.53. The molecule has 5 heteroatoms. The largest absolute Gasteiger partial charge is 0.480 e. The molecule has 5 nitrogen and oxygen atoms in total. The molecule has 1 amide bonds. The maximum absolute atomic E-state index is 12.1. The Morgan fingerprint density at radius 2 is 2.26 bits per heavy atom. The Balaban J connectivity index is 1.90. The third-order valence-corrected chi connectivity index (χ3v) is 3.53. The van der Waals surface area contributed by atoms with E-state index in [1.807, 2.05) is 0 Å². The number of nitrogens with one attached hydrogen (secondary N) is 1. The minimum atomic E-state index is -0.129. The minimum absolute atomic E-state index is 0.129. The van der Waals surface area contributed by atoms with Crippen LogP contribution in [0, 0.1) is 0 Å². The number of likely N-dealkylation sites (tertiary alicyclic amines) is 1. The predicted octanol–water partition coefficient (Wildman–Crippen LogP) is 1.30. The second kappa shape index (κ2) is 6.52. The van der Waals surface area contributed by atoms with E-state index in [4.69, 9.17) is 4.74 Å². The fraction of sp³-hybridized carbons (Fsp3) is 0.571. The highest BCUT2D eigenvalue weighted by Gasteiger charge is 2.19. The number of rotatable bonds is 5. The van der Waals surface area contributed by atoms with Gasteiger partial charge in [0.05, 0.1) is 7.11 Å². The van der Waals surface area contributed by atoms with Crippen LogP contribution in [0.4, 0.5) is 0 Å². The van der Waals surface area contributed by atoms with Gasteiger partial charge in [-0.1, -0.05) is 0 Å². The lowest BCUT2D eigenvalue weighted by atomic mass is 10.2. The van der Waals surface area contributed by atoms with E-state index in [0.717, 1.165) is 13.1 Å². The first-order chi connectivity index (χ1) is 9.22. The monoisotopic (exact) mass is 263 g/mol. The zero-order valence-electron chi connectivity index (χ0n) is 11.6. The number of hydrogen-bond acceptors (Lipinski definition) is 4. The van der Waals surface area contributed by atoms with E-state index in [1.165, 1.54) is 20.0 Å². The molecule has 1 aliphatic heterocycles. The van der Waals surface area contributed by atoms with Gasteiger partial charge in [0, 0.05) is 18.8 Å². The van der Waals surface area contributed by atoms with E-state index < -0.39 is 0 Å². The average Bonchev–Trinajstić information content (AvgIpc) is 2.98. The van der Waals surface area contributed by atoms with Gasteiger partial charge in [-0.25, -0.2) is 4.98 Å². The van der Waals surface area contributed by atoms with Crippen molar-refractivity contribution < 1.29 is 9.53 Å². The van der Waals surface area contributed by atoms with E-state index >= 15 is 0 Å². The number of pyridine rings is 1. The van der Waals surface area contributed by atoms with E-state index in [9.17, 15) is 4.79 Å². The van der Waals surface area contributed by atoms with Gasteiger partial charge in [0.25, 0.3) is 5.91 Å². The highest BCUT2D eigenvalue weighted by molar-refractivity contribution is 5.96. The van der Waals surface area contributed by atoms with Crippen molar-refractivity contribution in [2.75, 3.05) is 26.7 Å². The fourth-order valence-corrected chi connectivity index (χ4v) is 2.37. The summed E-state index contributed by atoms with van der Waals surface area (Å²) in [5.41, 5.74) is 0.485. The lowest BCUT2D eigenvalue weighted by Gasteiger charge is -2.23. The molecule has 1 aromatic heterocycles. The number of nitrogens with zero attached hydrogens (tertiary/aromatic N) is 2.